The molecule has 0 bridgehead atoms. The molecule has 0 saturated heterocycles. The van der Waals surface area contributed by atoms with E-state index in [1.165, 1.54) is 11.8 Å². The zero-order valence-corrected chi connectivity index (χ0v) is 16.7. The largest absolute Gasteiger partial charge is 0.325 e. The lowest BCUT2D eigenvalue weighted by Gasteiger charge is -2.08. The molecule has 2 aromatic heterocycles. The Hall–Kier alpha value is -3.71. The Morgan fingerprint density at radius 2 is 1.50 bits per heavy atom. The number of anilines is 1. The van der Waals surface area contributed by atoms with Crippen LogP contribution in [0.5, 0.6) is 0 Å². The smallest absolute Gasteiger partial charge is 0.234 e. The molecular weight excluding hydrogens is 394 g/mol. The van der Waals surface area contributed by atoms with Crippen molar-refractivity contribution in [2.45, 2.75) is 5.16 Å². The van der Waals surface area contributed by atoms with Crippen LogP contribution >= 0.6 is 11.8 Å². The van der Waals surface area contributed by atoms with Crippen LogP contribution in [0.25, 0.3) is 27.7 Å². The average molecular weight is 411 g/mol. The predicted octanol–water partition coefficient (Wildman–Crippen LogP) is 4.68. The van der Waals surface area contributed by atoms with Gasteiger partial charge in [-0.15, -0.1) is 10.2 Å². The minimum Gasteiger partial charge on any atom is -0.325 e. The molecule has 2 heterocycles. The fraction of sp³-hybridized carbons (Fsp3) is 0.0435. The molecule has 7 heteroatoms. The van der Waals surface area contributed by atoms with Crippen LogP contribution in [0.1, 0.15) is 0 Å². The number of para-hydroxylation sites is 1. The summed E-state index contributed by atoms with van der Waals surface area (Å²) in [5, 5.41) is 18.9. The molecule has 5 rings (SSSR count). The van der Waals surface area contributed by atoms with Crippen molar-refractivity contribution in [2.24, 2.45) is 0 Å². The maximum absolute atomic E-state index is 12.3. The van der Waals surface area contributed by atoms with Crippen LogP contribution in [0.3, 0.4) is 0 Å². The fourth-order valence-corrected chi connectivity index (χ4v) is 3.99. The van der Waals surface area contributed by atoms with Gasteiger partial charge in [0, 0.05) is 22.0 Å². The zero-order valence-electron chi connectivity index (χ0n) is 15.9. The summed E-state index contributed by atoms with van der Waals surface area (Å²) in [4.78, 5) is 12.3. The Labute approximate surface area is 177 Å². The van der Waals surface area contributed by atoms with Gasteiger partial charge in [0.25, 0.3) is 0 Å². The highest BCUT2D eigenvalue weighted by atomic mass is 32.2. The second-order valence-corrected chi connectivity index (χ2v) is 7.62. The molecule has 0 aliphatic carbocycles. The summed E-state index contributed by atoms with van der Waals surface area (Å²) in [6.07, 6.45) is 0. The summed E-state index contributed by atoms with van der Waals surface area (Å²) in [7, 11) is 0. The molecule has 0 aliphatic heterocycles. The van der Waals surface area contributed by atoms with Crippen LogP contribution in [-0.4, -0.2) is 31.5 Å². The standard InChI is InChI=1S/C23H17N5OS/c29-20(24-17-11-5-2-6-12-17)15-30-23-26-25-22-19-14-8-7-13-18(19)21(27-28(22)23)16-9-3-1-4-10-16/h1-14H,15H2,(H,24,29). The van der Waals surface area contributed by atoms with Crippen LogP contribution in [0.15, 0.2) is 90.1 Å². The van der Waals surface area contributed by atoms with E-state index in [-0.39, 0.29) is 11.7 Å². The van der Waals surface area contributed by atoms with Crippen molar-refractivity contribution in [2.75, 3.05) is 11.1 Å². The van der Waals surface area contributed by atoms with Gasteiger partial charge in [-0.2, -0.15) is 9.61 Å². The van der Waals surface area contributed by atoms with Crippen LogP contribution in [0.2, 0.25) is 0 Å². The van der Waals surface area contributed by atoms with E-state index in [1.54, 1.807) is 4.52 Å². The van der Waals surface area contributed by atoms with Crippen LogP contribution in [0.4, 0.5) is 5.69 Å². The predicted molar refractivity (Wildman–Crippen MR) is 120 cm³/mol. The number of hydrogen-bond acceptors (Lipinski definition) is 5. The molecule has 0 radical (unpaired) electrons. The lowest BCUT2D eigenvalue weighted by Crippen LogP contribution is -2.14. The first-order chi connectivity index (χ1) is 14.8. The molecule has 0 unspecified atom stereocenters. The van der Waals surface area contributed by atoms with Crippen LogP contribution in [-0.2, 0) is 4.79 Å². The Morgan fingerprint density at radius 3 is 2.27 bits per heavy atom. The second kappa shape index (κ2) is 7.96. The third-order valence-electron chi connectivity index (χ3n) is 4.67. The van der Waals surface area contributed by atoms with E-state index in [1.807, 2.05) is 84.9 Å². The van der Waals surface area contributed by atoms with E-state index in [2.05, 4.69) is 15.5 Å². The molecule has 6 nitrogen and oxygen atoms in total. The van der Waals surface area contributed by atoms with Crippen molar-refractivity contribution in [3.63, 3.8) is 0 Å². The molecule has 0 saturated carbocycles. The van der Waals surface area contributed by atoms with Gasteiger partial charge < -0.3 is 5.32 Å². The topological polar surface area (TPSA) is 72.2 Å². The van der Waals surface area contributed by atoms with E-state index in [9.17, 15) is 4.79 Å². The molecule has 146 valence electrons. The van der Waals surface area contributed by atoms with E-state index < -0.39 is 0 Å². The Bertz CT molecular complexity index is 1340. The number of nitrogens with one attached hydrogen (secondary N) is 1. The lowest BCUT2D eigenvalue weighted by atomic mass is 10.1. The molecular formula is C23H17N5OS. The molecule has 30 heavy (non-hydrogen) atoms. The van der Waals surface area contributed by atoms with Gasteiger partial charge in [-0.1, -0.05) is 84.6 Å². The summed E-state index contributed by atoms with van der Waals surface area (Å²) in [5.74, 6) is 0.109. The maximum Gasteiger partial charge on any atom is 0.234 e. The number of benzene rings is 3. The van der Waals surface area contributed by atoms with Gasteiger partial charge in [0.2, 0.25) is 11.1 Å². The van der Waals surface area contributed by atoms with Crippen LogP contribution < -0.4 is 5.32 Å². The third-order valence-corrected chi connectivity index (χ3v) is 5.59. The maximum atomic E-state index is 12.3. The number of carbonyl (C=O) groups is 1. The van der Waals surface area contributed by atoms with E-state index in [4.69, 9.17) is 5.10 Å². The van der Waals surface area contributed by atoms with Crippen molar-refractivity contribution < 1.29 is 4.79 Å². The van der Waals surface area contributed by atoms with Crippen LogP contribution in [0, 0.1) is 0 Å². The molecule has 0 fully saturated rings. The van der Waals surface area contributed by atoms with Gasteiger partial charge >= 0.3 is 0 Å². The number of fused-ring (bicyclic) bond motifs is 3. The summed E-state index contributed by atoms with van der Waals surface area (Å²) in [6.45, 7) is 0. The lowest BCUT2D eigenvalue weighted by molar-refractivity contribution is -0.113. The summed E-state index contributed by atoms with van der Waals surface area (Å²) >= 11 is 1.31. The van der Waals surface area contributed by atoms with Gasteiger partial charge in [0.15, 0.2) is 5.65 Å². The highest BCUT2D eigenvalue weighted by Gasteiger charge is 2.16. The summed E-state index contributed by atoms with van der Waals surface area (Å²) < 4.78 is 1.73. The SMILES string of the molecule is O=C(CSc1nnc2c3ccccc3c(-c3ccccc3)nn12)Nc1ccccc1. The molecule has 0 aliphatic rings. The number of nitrogens with zero attached hydrogens (tertiary/aromatic N) is 4. The number of thioether (sulfide) groups is 1. The molecule has 0 atom stereocenters. The Kier molecular flexibility index (Phi) is 4.86. The minimum atomic E-state index is -0.105. The second-order valence-electron chi connectivity index (χ2n) is 6.68. The molecule has 1 N–H and O–H groups in total. The van der Waals surface area contributed by atoms with Gasteiger partial charge in [-0.05, 0) is 12.1 Å². The Balaban J connectivity index is 1.50. The van der Waals surface area contributed by atoms with E-state index in [0.717, 1.165) is 27.7 Å². The number of aromatic nitrogens is 4. The number of rotatable bonds is 5. The average Bonchev–Trinajstić information content (AvgIpc) is 3.21. The van der Waals surface area contributed by atoms with E-state index >= 15 is 0 Å². The van der Waals surface area contributed by atoms with Crippen molar-refractivity contribution in [1.29, 1.82) is 0 Å². The monoisotopic (exact) mass is 411 g/mol. The third kappa shape index (κ3) is 3.51. The molecule has 5 aromatic rings. The van der Waals surface area contributed by atoms with E-state index in [0.29, 0.717) is 10.8 Å². The van der Waals surface area contributed by atoms with Crippen molar-refractivity contribution in [1.82, 2.24) is 19.8 Å². The first-order valence-electron chi connectivity index (χ1n) is 9.47. The molecule has 3 aromatic carbocycles. The van der Waals surface area contributed by atoms with Crippen molar-refractivity contribution in [3.05, 3.63) is 84.9 Å². The summed E-state index contributed by atoms with van der Waals surface area (Å²) in [5.41, 5.74) is 3.32. The Morgan fingerprint density at radius 1 is 0.833 bits per heavy atom. The first-order valence-corrected chi connectivity index (χ1v) is 10.5. The first kappa shape index (κ1) is 18.3. The van der Waals surface area contributed by atoms with Crippen molar-refractivity contribution in [3.8, 4) is 11.3 Å². The minimum absolute atomic E-state index is 0.105. The number of carbonyl (C=O) groups excluding carboxylic acids is 1. The number of hydrogen-bond donors (Lipinski definition) is 1. The number of amides is 1. The molecule has 0 spiro atoms. The zero-order chi connectivity index (χ0) is 20.3. The highest BCUT2D eigenvalue weighted by molar-refractivity contribution is 7.99. The van der Waals surface area contributed by atoms with Gasteiger partial charge in [-0.25, -0.2) is 0 Å². The molecule has 1 amide bonds. The van der Waals surface area contributed by atoms with Gasteiger partial charge in [-0.3, -0.25) is 4.79 Å². The normalized spacial score (nSPS) is 11.1. The summed E-state index contributed by atoms with van der Waals surface area (Å²) in [6, 6.07) is 27.5. The van der Waals surface area contributed by atoms with Gasteiger partial charge in [0.1, 0.15) is 0 Å². The fourth-order valence-electron chi connectivity index (χ4n) is 3.31. The van der Waals surface area contributed by atoms with Gasteiger partial charge in [0.05, 0.1) is 11.4 Å². The quantitative estimate of drug-likeness (QED) is 0.425. The highest BCUT2D eigenvalue weighted by Crippen LogP contribution is 2.30. The van der Waals surface area contributed by atoms with Crippen molar-refractivity contribution >= 4 is 39.8 Å².